The first-order valence-corrected chi connectivity index (χ1v) is 12.3. The Kier molecular flexibility index (Phi) is 5.56. The van der Waals surface area contributed by atoms with Crippen LogP contribution in [0.4, 0.5) is 0 Å². The van der Waals surface area contributed by atoms with Crippen LogP contribution in [0.25, 0.3) is 22.5 Å². The zero-order chi connectivity index (χ0) is 23.9. The second kappa shape index (κ2) is 8.88. The molecule has 35 heavy (non-hydrogen) atoms. The smallest absolute Gasteiger partial charge is 0.258 e. The van der Waals surface area contributed by atoms with Crippen LogP contribution in [0.15, 0.2) is 35.0 Å². The molecule has 0 radical (unpaired) electrons. The van der Waals surface area contributed by atoms with Crippen LogP contribution >= 0.6 is 0 Å². The number of pyridine rings is 1. The minimum Gasteiger partial charge on any atom is -0.342 e. The Labute approximate surface area is 203 Å². The molecule has 1 aromatic carbocycles. The lowest BCUT2D eigenvalue weighted by Gasteiger charge is -2.35. The molecule has 1 N–H and O–H groups in total. The summed E-state index contributed by atoms with van der Waals surface area (Å²) in [6, 6.07) is 8.23. The Morgan fingerprint density at radius 3 is 2.69 bits per heavy atom. The number of aromatic amines is 1. The van der Waals surface area contributed by atoms with Crippen LogP contribution in [-0.2, 0) is 17.8 Å². The second-order valence-electron chi connectivity index (χ2n) is 9.67. The molecule has 1 aliphatic heterocycles. The normalized spacial score (nSPS) is 16.8. The molecule has 1 saturated carbocycles. The Morgan fingerprint density at radius 1 is 1.11 bits per heavy atom. The molecule has 0 spiro atoms. The van der Waals surface area contributed by atoms with E-state index in [4.69, 9.17) is 9.51 Å². The number of H-pyrrole nitrogens is 1. The van der Waals surface area contributed by atoms with Gasteiger partial charge >= 0.3 is 0 Å². The number of fused-ring (bicyclic) bond motifs is 1. The SMILES string of the molecule is Cc1noc(-c2ccc3[nH]c(Cc4cc(CN5CCN(C(=O)C6CC6)CC5)ccn4)nc3c2C)n1. The fourth-order valence-electron chi connectivity index (χ4n) is 4.85. The van der Waals surface area contributed by atoms with E-state index in [2.05, 4.69) is 37.1 Å². The van der Waals surface area contributed by atoms with Crippen molar-refractivity contribution in [2.45, 2.75) is 39.7 Å². The molecule has 0 bridgehead atoms. The van der Waals surface area contributed by atoms with E-state index in [0.717, 1.165) is 79.2 Å². The summed E-state index contributed by atoms with van der Waals surface area (Å²) in [7, 11) is 0. The lowest BCUT2D eigenvalue weighted by Crippen LogP contribution is -2.48. The van der Waals surface area contributed by atoms with E-state index in [9.17, 15) is 4.79 Å². The van der Waals surface area contributed by atoms with Crippen LogP contribution in [0.5, 0.6) is 0 Å². The minimum atomic E-state index is 0.306. The summed E-state index contributed by atoms with van der Waals surface area (Å²) in [6.07, 6.45) is 4.65. The van der Waals surface area contributed by atoms with Crippen LogP contribution in [0, 0.1) is 19.8 Å². The predicted molar refractivity (Wildman–Crippen MR) is 130 cm³/mol. The number of carbonyl (C=O) groups excluding carboxylic acids is 1. The fourth-order valence-corrected chi connectivity index (χ4v) is 4.85. The number of piperazine rings is 1. The molecule has 2 aliphatic rings. The largest absolute Gasteiger partial charge is 0.342 e. The van der Waals surface area contributed by atoms with Gasteiger partial charge in [-0.1, -0.05) is 5.16 Å². The van der Waals surface area contributed by atoms with Crippen molar-refractivity contribution in [2.75, 3.05) is 26.2 Å². The van der Waals surface area contributed by atoms with E-state index in [1.165, 1.54) is 5.56 Å². The molecule has 2 fully saturated rings. The van der Waals surface area contributed by atoms with Gasteiger partial charge in [-0.3, -0.25) is 14.7 Å². The monoisotopic (exact) mass is 471 g/mol. The number of aryl methyl sites for hydroxylation is 2. The molecule has 3 aromatic heterocycles. The Hall–Kier alpha value is -3.59. The summed E-state index contributed by atoms with van der Waals surface area (Å²) in [4.78, 5) is 34.0. The van der Waals surface area contributed by atoms with E-state index in [0.29, 0.717) is 30.0 Å². The van der Waals surface area contributed by atoms with Crippen LogP contribution in [0.1, 0.15) is 41.3 Å². The van der Waals surface area contributed by atoms with Crippen molar-refractivity contribution >= 4 is 16.9 Å². The van der Waals surface area contributed by atoms with Gasteiger partial charge < -0.3 is 14.4 Å². The standard InChI is InChI=1S/C26H29N7O2/c1-16-21(25-28-17(2)31-35-25)5-6-22-24(16)30-23(29-22)14-20-13-18(7-8-27-20)15-32-9-11-33(12-10-32)26(34)19-3-4-19/h5-8,13,19H,3-4,9-12,14-15H2,1-2H3,(H,29,30). The number of rotatable bonds is 6. The quantitative estimate of drug-likeness (QED) is 0.460. The highest BCUT2D eigenvalue weighted by Crippen LogP contribution is 2.31. The maximum Gasteiger partial charge on any atom is 0.258 e. The summed E-state index contributed by atoms with van der Waals surface area (Å²) < 4.78 is 5.36. The van der Waals surface area contributed by atoms with Gasteiger partial charge in [0.15, 0.2) is 5.82 Å². The highest BCUT2D eigenvalue weighted by molar-refractivity contribution is 5.85. The van der Waals surface area contributed by atoms with E-state index < -0.39 is 0 Å². The van der Waals surface area contributed by atoms with E-state index in [1.54, 1.807) is 0 Å². The molecular formula is C26H29N7O2. The maximum absolute atomic E-state index is 12.3. The summed E-state index contributed by atoms with van der Waals surface area (Å²) in [5.74, 6) is 2.66. The summed E-state index contributed by atoms with van der Waals surface area (Å²) in [5, 5.41) is 3.90. The molecule has 4 heterocycles. The Morgan fingerprint density at radius 2 is 1.94 bits per heavy atom. The van der Waals surface area contributed by atoms with Gasteiger partial charge in [-0.15, -0.1) is 0 Å². The molecule has 180 valence electrons. The minimum absolute atomic E-state index is 0.306. The second-order valence-corrected chi connectivity index (χ2v) is 9.67. The molecule has 9 heteroatoms. The lowest BCUT2D eigenvalue weighted by molar-refractivity contribution is -0.134. The molecule has 0 atom stereocenters. The van der Waals surface area contributed by atoms with Gasteiger partial charge in [-0.2, -0.15) is 4.98 Å². The zero-order valence-corrected chi connectivity index (χ0v) is 20.1. The molecule has 4 aromatic rings. The first-order valence-electron chi connectivity index (χ1n) is 12.3. The summed E-state index contributed by atoms with van der Waals surface area (Å²) in [6.45, 7) is 8.20. The van der Waals surface area contributed by atoms with Crippen molar-refractivity contribution in [3.8, 4) is 11.5 Å². The maximum atomic E-state index is 12.3. The van der Waals surface area contributed by atoms with Gasteiger partial charge in [0.05, 0.1) is 11.0 Å². The van der Waals surface area contributed by atoms with Gasteiger partial charge in [0.1, 0.15) is 5.82 Å². The van der Waals surface area contributed by atoms with Gasteiger partial charge in [-0.25, -0.2) is 4.98 Å². The summed E-state index contributed by atoms with van der Waals surface area (Å²) >= 11 is 0. The van der Waals surface area contributed by atoms with Crippen LogP contribution in [-0.4, -0.2) is 67.0 Å². The number of amides is 1. The van der Waals surface area contributed by atoms with Crippen molar-refractivity contribution in [1.29, 1.82) is 0 Å². The van der Waals surface area contributed by atoms with Crippen molar-refractivity contribution in [3.05, 3.63) is 58.9 Å². The predicted octanol–water partition coefficient (Wildman–Crippen LogP) is 3.27. The third kappa shape index (κ3) is 4.55. The molecule has 6 rings (SSSR count). The van der Waals surface area contributed by atoms with Gasteiger partial charge in [0.25, 0.3) is 5.89 Å². The fraction of sp³-hybridized carbons (Fsp3) is 0.423. The van der Waals surface area contributed by atoms with Gasteiger partial charge in [0.2, 0.25) is 5.91 Å². The number of aromatic nitrogens is 5. The van der Waals surface area contributed by atoms with Gasteiger partial charge in [-0.05, 0) is 62.1 Å². The van der Waals surface area contributed by atoms with Crippen molar-refractivity contribution in [1.82, 2.24) is 34.9 Å². The van der Waals surface area contributed by atoms with E-state index >= 15 is 0 Å². The number of benzene rings is 1. The number of hydrogen-bond acceptors (Lipinski definition) is 7. The molecule has 9 nitrogen and oxygen atoms in total. The average molecular weight is 472 g/mol. The highest BCUT2D eigenvalue weighted by Gasteiger charge is 2.34. The first kappa shape index (κ1) is 21.9. The molecule has 1 aliphatic carbocycles. The number of nitrogens with one attached hydrogen (secondary N) is 1. The van der Waals surface area contributed by atoms with Crippen molar-refractivity contribution in [2.24, 2.45) is 5.92 Å². The number of carbonyl (C=O) groups is 1. The van der Waals surface area contributed by atoms with E-state index in [-0.39, 0.29) is 0 Å². The molecule has 0 unspecified atom stereocenters. The molecule has 1 saturated heterocycles. The summed E-state index contributed by atoms with van der Waals surface area (Å²) in [5.41, 5.74) is 6.01. The third-order valence-electron chi connectivity index (χ3n) is 6.96. The lowest BCUT2D eigenvalue weighted by atomic mass is 10.1. The van der Waals surface area contributed by atoms with E-state index in [1.807, 2.05) is 37.1 Å². The van der Waals surface area contributed by atoms with Crippen molar-refractivity contribution < 1.29 is 9.32 Å². The number of hydrogen-bond donors (Lipinski definition) is 1. The number of nitrogens with zero attached hydrogens (tertiary/aromatic N) is 6. The Balaban J connectivity index is 1.13. The molecular weight excluding hydrogens is 442 g/mol. The third-order valence-corrected chi connectivity index (χ3v) is 6.96. The molecule has 1 amide bonds. The zero-order valence-electron chi connectivity index (χ0n) is 20.1. The topological polar surface area (TPSA) is 104 Å². The number of imidazole rings is 1. The van der Waals surface area contributed by atoms with Gasteiger partial charge in [0, 0.05) is 62.5 Å². The average Bonchev–Trinajstić information content (AvgIpc) is 3.49. The van der Waals surface area contributed by atoms with Crippen LogP contribution in [0.3, 0.4) is 0 Å². The van der Waals surface area contributed by atoms with Crippen LogP contribution < -0.4 is 0 Å². The van der Waals surface area contributed by atoms with Crippen LogP contribution in [0.2, 0.25) is 0 Å². The Bertz CT molecular complexity index is 1380. The first-order chi connectivity index (χ1) is 17.0. The van der Waals surface area contributed by atoms with Crippen molar-refractivity contribution in [3.63, 3.8) is 0 Å². The highest BCUT2D eigenvalue weighted by atomic mass is 16.5.